The van der Waals surface area contributed by atoms with Gasteiger partial charge in [-0.3, -0.25) is 4.79 Å². The van der Waals surface area contributed by atoms with E-state index in [1.165, 1.54) is 0 Å². The normalized spacial score (nSPS) is 24.9. The molecule has 0 saturated carbocycles. The van der Waals surface area contributed by atoms with E-state index in [2.05, 4.69) is 24.1 Å². The molecule has 5 nitrogen and oxygen atoms in total. The molecule has 1 N–H and O–H groups in total. The number of hydrogen-bond acceptors (Lipinski definition) is 3. The fraction of sp³-hybridized carbons (Fsp3) is 0.667. The van der Waals surface area contributed by atoms with Gasteiger partial charge in [0.1, 0.15) is 0 Å². The van der Waals surface area contributed by atoms with Gasteiger partial charge < -0.3 is 14.8 Å². The molecule has 0 aliphatic carbocycles. The Morgan fingerprint density at radius 3 is 2.71 bits per heavy atom. The molecule has 17 heavy (non-hydrogen) atoms. The van der Waals surface area contributed by atoms with Gasteiger partial charge in [0, 0.05) is 50.5 Å². The first-order valence-electron chi connectivity index (χ1n) is 6.14. The second-order valence-corrected chi connectivity index (χ2v) is 4.82. The number of rotatable bonds is 3. The fourth-order valence-corrected chi connectivity index (χ4v) is 2.33. The van der Waals surface area contributed by atoms with Crippen molar-refractivity contribution in [2.45, 2.75) is 38.9 Å². The van der Waals surface area contributed by atoms with Crippen molar-refractivity contribution in [1.82, 2.24) is 19.8 Å². The average Bonchev–Trinajstić information content (AvgIpc) is 2.77. The average molecular weight is 236 g/mol. The Hall–Kier alpha value is -1.36. The number of nitrogens with one attached hydrogen (secondary N) is 1. The summed E-state index contributed by atoms with van der Waals surface area (Å²) in [4.78, 5) is 18.0. The highest BCUT2D eigenvalue weighted by Crippen LogP contribution is 2.06. The van der Waals surface area contributed by atoms with Gasteiger partial charge in [-0.05, 0) is 13.8 Å². The number of aromatic nitrogens is 2. The van der Waals surface area contributed by atoms with Gasteiger partial charge in [0.2, 0.25) is 5.91 Å². The summed E-state index contributed by atoms with van der Waals surface area (Å²) in [5, 5.41) is 3.42. The number of imidazole rings is 1. The third-order valence-corrected chi connectivity index (χ3v) is 3.05. The smallest absolute Gasteiger partial charge is 0.224 e. The Morgan fingerprint density at radius 2 is 2.12 bits per heavy atom. The molecule has 94 valence electrons. The van der Waals surface area contributed by atoms with Crippen molar-refractivity contribution in [3.05, 3.63) is 18.7 Å². The zero-order valence-electron chi connectivity index (χ0n) is 10.5. The number of nitrogens with zero attached hydrogens (tertiary/aromatic N) is 3. The molecule has 2 atom stereocenters. The van der Waals surface area contributed by atoms with Gasteiger partial charge in [-0.2, -0.15) is 0 Å². The van der Waals surface area contributed by atoms with Crippen LogP contribution in [0.5, 0.6) is 0 Å². The molecule has 0 aromatic carbocycles. The van der Waals surface area contributed by atoms with Gasteiger partial charge in [-0.25, -0.2) is 4.98 Å². The number of carbonyl (C=O) groups excluding carboxylic acids is 1. The third kappa shape index (κ3) is 3.30. The summed E-state index contributed by atoms with van der Waals surface area (Å²) in [6.07, 6.45) is 5.92. The molecule has 1 aliphatic heterocycles. The van der Waals surface area contributed by atoms with Crippen molar-refractivity contribution in [2.75, 3.05) is 13.1 Å². The van der Waals surface area contributed by atoms with Crippen molar-refractivity contribution >= 4 is 5.91 Å². The van der Waals surface area contributed by atoms with E-state index in [0.717, 1.165) is 13.1 Å². The van der Waals surface area contributed by atoms with Crippen LogP contribution in [0.2, 0.25) is 0 Å². The maximum Gasteiger partial charge on any atom is 0.224 e. The van der Waals surface area contributed by atoms with Crippen molar-refractivity contribution in [2.24, 2.45) is 0 Å². The largest absolute Gasteiger partial charge is 0.340 e. The van der Waals surface area contributed by atoms with Gasteiger partial charge in [0.15, 0.2) is 0 Å². The molecule has 0 unspecified atom stereocenters. The lowest BCUT2D eigenvalue weighted by Gasteiger charge is -2.36. The summed E-state index contributed by atoms with van der Waals surface area (Å²) in [5.74, 6) is 0.235. The topological polar surface area (TPSA) is 50.2 Å². The van der Waals surface area contributed by atoms with E-state index in [9.17, 15) is 4.79 Å². The standard InChI is InChI=1S/C12H20N4O/c1-10-7-16(8-11(2)14-10)12(17)3-5-15-6-4-13-9-15/h4,6,9-11,14H,3,5,7-8H2,1-2H3/t10-,11-/m0/s1. The summed E-state index contributed by atoms with van der Waals surface area (Å²) >= 11 is 0. The molecular weight excluding hydrogens is 216 g/mol. The zero-order valence-corrected chi connectivity index (χ0v) is 10.5. The first-order valence-corrected chi connectivity index (χ1v) is 6.14. The Labute approximate surface area is 102 Å². The summed E-state index contributed by atoms with van der Waals surface area (Å²) < 4.78 is 1.94. The van der Waals surface area contributed by atoms with Crippen LogP contribution in [0.1, 0.15) is 20.3 Å². The highest BCUT2D eigenvalue weighted by molar-refractivity contribution is 5.76. The predicted molar refractivity (Wildman–Crippen MR) is 65.5 cm³/mol. The van der Waals surface area contributed by atoms with Crippen LogP contribution in [-0.4, -0.2) is 45.5 Å². The molecule has 5 heteroatoms. The minimum Gasteiger partial charge on any atom is -0.340 e. The van der Waals surface area contributed by atoms with E-state index in [1.54, 1.807) is 12.5 Å². The van der Waals surface area contributed by atoms with Gasteiger partial charge in [0.05, 0.1) is 6.33 Å². The van der Waals surface area contributed by atoms with Crippen LogP contribution in [0.4, 0.5) is 0 Å². The van der Waals surface area contributed by atoms with E-state index in [-0.39, 0.29) is 5.91 Å². The van der Waals surface area contributed by atoms with E-state index in [1.807, 2.05) is 15.7 Å². The van der Waals surface area contributed by atoms with Crippen LogP contribution in [0.3, 0.4) is 0 Å². The monoisotopic (exact) mass is 236 g/mol. The molecular formula is C12H20N4O. The van der Waals surface area contributed by atoms with Crippen LogP contribution in [0.25, 0.3) is 0 Å². The van der Waals surface area contributed by atoms with Crippen molar-refractivity contribution < 1.29 is 4.79 Å². The Morgan fingerprint density at radius 1 is 1.41 bits per heavy atom. The Kier molecular flexibility index (Phi) is 3.78. The first kappa shape index (κ1) is 12.1. The summed E-state index contributed by atoms with van der Waals surface area (Å²) in [5.41, 5.74) is 0. The highest BCUT2D eigenvalue weighted by atomic mass is 16.2. The van der Waals surface area contributed by atoms with Gasteiger partial charge in [-0.15, -0.1) is 0 Å². The molecule has 1 aromatic heterocycles. The molecule has 0 radical (unpaired) electrons. The molecule has 1 saturated heterocycles. The van der Waals surface area contributed by atoms with Gasteiger partial charge in [-0.1, -0.05) is 0 Å². The molecule has 1 amide bonds. The first-order chi connectivity index (χ1) is 8.15. The minimum atomic E-state index is 0.235. The van der Waals surface area contributed by atoms with Crippen LogP contribution in [-0.2, 0) is 11.3 Å². The molecule has 1 aromatic rings. The van der Waals surface area contributed by atoms with Crippen LogP contribution in [0, 0.1) is 0 Å². The second kappa shape index (κ2) is 5.31. The summed E-state index contributed by atoms with van der Waals surface area (Å²) in [6.45, 7) is 6.57. The molecule has 2 rings (SSSR count). The minimum absolute atomic E-state index is 0.235. The number of piperazine rings is 1. The van der Waals surface area contributed by atoms with E-state index < -0.39 is 0 Å². The predicted octanol–water partition coefficient (Wildman–Crippen LogP) is 0.482. The molecule has 0 spiro atoms. The van der Waals surface area contributed by atoms with Crippen LogP contribution < -0.4 is 5.32 Å². The number of hydrogen-bond donors (Lipinski definition) is 1. The SMILES string of the molecule is C[C@H]1CN(C(=O)CCn2ccnc2)C[C@H](C)N1. The lowest BCUT2D eigenvalue weighted by atomic mass is 10.1. The zero-order chi connectivity index (χ0) is 12.3. The molecule has 1 fully saturated rings. The van der Waals surface area contributed by atoms with Crippen LogP contribution >= 0.6 is 0 Å². The van der Waals surface area contributed by atoms with Crippen molar-refractivity contribution in [3.63, 3.8) is 0 Å². The third-order valence-electron chi connectivity index (χ3n) is 3.05. The lowest BCUT2D eigenvalue weighted by molar-refractivity contribution is -0.133. The Bertz CT molecular complexity index is 353. The highest BCUT2D eigenvalue weighted by Gasteiger charge is 2.24. The molecule has 1 aliphatic rings. The van der Waals surface area contributed by atoms with E-state index >= 15 is 0 Å². The molecule has 0 bridgehead atoms. The number of aryl methyl sites for hydroxylation is 1. The lowest BCUT2D eigenvalue weighted by Crippen LogP contribution is -2.55. The fourth-order valence-electron chi connectivity index (χ4n) is 2.33. The number of amides is 1. The van der Waals surface area contributed by atoms with Crippen molar-refractivity contribution in [1.29, 1.82) is 0 Å². The van der Waals surface area contributed by atoms with Gasteiger partial charge in [0.25, 0.3) is 0 Å². The summed E-state index contributed by atoms with van der Waals surface area (Å²) in [6, 6.07) is 0.770. The number of carbonyl (C=O) groups is 1. The second-order valence-electron chi connectivity index (χ2n) is 4.82. The summed E-state index contributed by atoms with van der Waals surface area (Å²) in [7, 11) is 0. The quantitative estimate of drug-likeness (QED) is 0.830. The molecule has 2 heterocycles. The maximum absolute atomic E-state index is 12.0. The van der Waals surface area contributed by atoms with Crippen LogP contribution in [0.15, 0.2) is 18.7 Å². The van der Waals surface area contributed by atoms with Crippen molar-refractivity contribution in [3.8, 4) is 0 Å². The Balaban J connectivity index is 1.83. The van der Waals surface area contributed by atoms with E-state index in [0.29, 0.717) is 25.0 Å². The van der Waals surface area contributed by atoms with Gasteiger partial charge >= 0.3 is 0 Å². The maximum atomic E-state index is 12.0. The van der Waals surface area contributed by atoms with E-state index in [4.69, 9.17) is 0 Å².